The second kappa shape index (κ2) is 4.61. The molecule has 0 saturated heterocycles. The molecule has 0 unspecified atom stereocenters. The van der Waals surface area contributed by atoms with Gasteiger partial charge in [0.2, 0.25) is 10.0 Å². The summed E-state index contributed by atoms with van der Waals surface area (Å²) in [6.07, 6.45) is 0. The Morgan fingerprint density at radius 3 is 2.56 bits per heavy atom. The highest BCUT2D eigenvalue weighted by Gasteiger charge is 2.14. The van der Waals surface area contributed by atoms with E-state index in [9.17, 15) is 8.42 Å². The molecule has 1 aromatic carbocycles. The molecular weight excluding hydrogens is 256 g/mol. The average Bonchev–Trinajstić information content (AvgIpc) is 2.66. The van der Waals surface area contributed by atoms with E-state index in [0.717, 1.165) is 0 Å². The van der Waals surface area contributed by atoms with Crippen molar-refractivity contribution in [2.24, 2.45) is 7.05 Å². The van der Waals surface area contributed by atoms with E-state index >= 15 is 0 Å². The highest BCUT2D eigenvalue weighted by molar-refractivity contribution is 7.91. The lowest BCUT2D eigenvalue weighted by atomic mass is 10.2. The summed E-state index contributed by atoms with van der Waals surface area (Å²) in [5.74, 6) is -0.223. The Balaban J connectivity index is 2.10. The number of rotatable bonds is 4. The molecule has 1 heterocycles. The van der Waals surface area contributed by atoms with Crippen LogP contribution in [0.15, 0.2) is 24.3 Å². The van der Waals surface area contributed by atoms with Crippen LogP contribution in [0.2, 0.25) is 0 Å². The molecule has 0 saturated carbocycles. The van der Waals surface area contributed by atoms with E-state index in [4.69, 9.17) is 5.73 Å². The molecule has 9 heteroatoms. The van der Waals surface area contributed by atoms with E-state index in [1.54, 1.807) is 31.3 Å². The minimum absolute atomic E-state index is 0.0482. The number of nitrogens with zero attached hydrogens (tertiary/aromatic N) is 4. The molecule has 2 aromatic rings. The first kappa shape index (κ1) is 12.3. The van der Waals surface area contributed by atoms with Gasteiger partial charge in [-0.3, -0.25) is 0 Å². The molecule has 0 atom stereocenters. The van der Waals surface area contributed by atoms with E-state index < -0.39 is 10.0 Å². The van der Waals surface area contributed by atoms with Gasteiger partial charge in [0.25, 0.3) is 5.95 Å². The molecule has 1 aromatic heterocycles. The zero-order valence-electron chi connectivity index (χ0n) is 9.61. The van der Waals surface area contributed by atoms with Crippen LogP contribution in [0.5, 0.6) is 0 Å². The van der Waals surface area contributed by atoms with Gasteiger partial charge < -0.3 is 5.73 Å². The van der Waals surface area contributed by atoms with Crippen LogP contribution in [0.25, 0.3) is 0 Å². The number of aromatic nitrogens is 4. The minimum Gasteiger partial charge on any atom is -0.399 e. The minimum atomic E-state index is -3.56. The van der Waals surface area contributed by atoms with Crippen LogP contribution in [-0.4, -0.2) is 28.6 Å². The standard InChI is InChI=1S/C9H12N6O2S/c1-15-12-9(11-14-15)13-18(16,17)6-7-2-4-8(10)5-3-7/h2-5H,6,10H2,1H3,(H,12,13). The summed E-state index contributed by atoms with van der Waals surface area (Å²) < 4.78 is 25.8. The fourth-order valence-corrected chi connectivity index (χ4v) is 2.40. The predicted octanol–water partition coefficient (Wildman–Crippen LogP) is -0.266. The highest BCUT2D eigenvalue weighted by atomic mass is 32.2. The van der Waals surface area contributed by atoms with Crippen molar-refractivity contribution in [3.05, 3.63) is 29.8 Å². The first-order valence-corrected chi connectivity index (χ1v) is 6.69. The second-order valence-electron chi connectivity index (χ2n) is 3.71. The monoisotopic (exact) mass is 268 g/mol. The topological polar surface area (TPSA) is 116 Å². The van der Waals surface area contributed by atoms with Crippen molar-refractivity contribution < 1.29 is 8.42 Å². The van der Waals surface area contributed by atoms with Crippen LogP contribution in [0.3, 0.4) is 0 Å². The predicted molar refractivity (Wildman–Crippen MR) is 65.9 cm³/mol. The van der Waals surface area contributed by atoms with Gasteiger partial charge in [-0.25, -0.2) is 13.1 Å². The molecule has 0 aliphatic carbocycles. The second-order valence-corrected chi connectivity index (χ2v) is 5.43. The van der Waals surface area contributed by atoms with E-state index in [0.29, 0.717) is 11.3 Å². The Bertz CT molecular complexity index is 633. The molecule has 18 heavy (non-hydrogen) atoms. The van der Waals surface area contributed by atoms with Crippen molar-refractivity contribution in [2.75, 3.05) is 10.5 Å². The number of sulfonamides is 1. The lowest BCUT2D eigenvalue weighted by molar-refractivity contribution is 0.600. The quantitative estimate of drug-likeness (QED) is 0.738. The molecule has 0 aliphatic heterocycles. The first-order chi connectivity index (χ1) is 8.44. The molecule has 0 amide bonds. The summed E-state index contributed by atoms with van der Waals surface area (Å²) >= 11 is 0. The Morgan fingerprint density at radius 1 is 1.33 bits per heavy atom. The van der Waals surface area contributed by atoms with Gasteiger partial charge in [-0.15, -0.1) is 5.10 Å². The van der Waals surface area contributed by atoms with Crippen LogP contribution >= 0.6 is 0 Å². The first-order valence-electron chi connectivity index (χ1n) is 5.03. The molecule has 8 nitrogen and oxygen atoms in total. The van der Waals surface area contributed by atoms with E-state index in [1.165, 1.54) is 4.80 Å². The van der Waals surface area contributed by atoms with Gasteiger partial charge in [0.1, 0.15) is 0 Å². The lowest BCUT2D eigenvalue weighted by Gasteiger charge is -2.04. The van der Waals surface area contributed by atoms with E-state index in [1.807, 2.05) is 0 Å². The molecule has 0 aliphatic rings. The van der Waals surface area contributed by atoms with Gasteiger partial charge in [0.05, 0.1) is 12.8 Å². The normalized spacial score (nSPS) is 11.4. The number of tetrazole rings is 1. The zero-order valence-corrected chi connectivity index (χ0v) is 10.4. The summed E-state index contributed by atoms with van der Waals surface area (Å²) in [6.45, 7) is 0. The maximum atomic E-state index is 11.8. The summed E-state index contributed by atoms with van der Waals surface area (Å²) in [5.41, 5.74) is 6.73. The molecule has 96 valence electrons. The van der Waals surface area contributed by atoms with E-state index in [-0.39, 0.29) is 11.7 Å². The van der Waals surface area contributed by atoms with Gasteiger partial charge in [-0.05, 0) is 22.9 Å². The van der Waals surface area contributed by atoms with Gasteiger partial charge in [-0.2, -0.15) is 4.80 Å². The number of nitrogens with two attached hydrogens (primary N) is 1. The number of anilines is 2. The molecule has 0 bridgehead atoms. The molecule has 0 radical (unpaired) electrons. The lowest BCUT2D eigenvalue weighted by Crippen LogP contribution is -2.16. The number of hydrogen-bond donors (Lipinski definition) is 2. The number of nitrogens with one attached hydrogen (secondary N) is 1. The van der Waals surface area contributed by atoms with Crippen molar-refractivity contribution in [3.63, 3.8) is 0 Å². The van der Waals surface area contributed by atoms with Crippen molar-refractivity contribution >= 4 is 21.7 Å². The van der Waals surface area contributed by atoms with Crippen LogP contribution in [-0.2, 0) is 22.8 Å². The van der Waals surface area contributed by atoms with Crippen molar-refractivity contribution in [3.8, 4) is 0 Å². The smallest absolute Gasteiger partial charge is 0.276 e. The Labute approximate surface area is 104 Å². The van der Waals surface area contributed by atoms with Crippen molar-refractivity contribution in [1.82, 2.24) is 20.2 Å². The van der Waals surface area contributed by atoms with Crippen molar-refractivity contribution in [2.45, 2.75) is 5.75 Å². The van der Waals surface area contributed by atoms with Crippen LogP contribution in [0.4, 0.5) is 11.6 Å². The number of benzene rings is 1. The van der Waals surface area contributed by atoms with Crippen LogP contribution in [0.1, 0.15) is 5.56 Å². The number of nitrogen functional groups attached to an aromatic ring is 1. The van der Waals surface area contributed by atoms with Gasteiger partial charge in [-0.1, -0.05) is 17.2 Å². The Hall–Kier alpha value is -2.16. The van der Waals surface area contributed by atoms with Gasteiger partial charge >= 0.3 is 0 Å². The van der Waals surface area contributed by atoms with Crippen LogP contribution < -0.4 is 10.5 Å². The van der Waals surface area contributed by atoms with Gasteiger partial charge in [0, 0.05) is 5.69 Å². The third kappa shape index (κ3) is 3.17. The molecule has 0 spiro atoms. The highest BCUT2D eigenvalue weighted by Crippen LogP contribution is 2.10. The summed E-state index contributed by atoms with van der Waals surface area (Å²) in [7, 11) is -2.01. The molecular formula is C9H12N6O2S. The Kier molecular flexibility index (Phi) is 3.15. The van der Waals surface area contributed by atoms with Gasteiger partial charge in [0.15, 0.2) is 0 Å². The largest absolute Gasteiger partial charge is 0.399 e. The summed E-state index contributed by atoms with van der Waals surface area (Å²) in [5, 5.41) is 10.8. The summed E-state index contributed by atoms with van der Waals surface area (Å²) in [4.78, 5) is 1.17. The fourth-order valence-electron chi connectivity index (χ4n) is 1.33. The fraction of sp³-hybridized carbons (Fsp3) is 0.222. The SMILES string of the molecule is Cn1nnc(NS(=O)(=O)Cc2ccc(N)cc2)n1. The molecule has 2 rings (SSSR count). The summed E-state index contributed by atoms with van der Waals surface area (Å²) in [6, 6.07) is 6.59. The molecule has 3 N–H and O–H groups in total. The third-order valence-electron chi connectivity index (χ3n) is 2.09. The Morgan fingerprint density at radius 2 is 2.00 bits per heavy atom. The molecule has 0 fully saturated rings. The number of hydrogen-bond acceptors (Lipinski definition) is 6. The maximum Gasteiger partial charge on any atom is 0.276 e. The van der Waals surface area contributed by atoms with Crippen molar-refractivity contribution in [1.29, 1.82) is 0 Å². The number of aryl methyl sites for hydroxylation is 1. The maximum absolute atomic E-state index is 11.8. The third-order valence-corrected chi connectivity index (χ3v) is 3.30. The zero-order chi connectivity index (χ0) is 13.2. The average molecular weight is 268 g/mol. The van der Waals surface area contributed by atoms with E-state index in [2.05, 4.69) is 20.1 Å². The van der Waals surface area contributed by atoms with Crippen LogP contribution in [0, 0.1) is 0 Å².